The molecule has 0 aromatic carbocycles. The third kappa shape index (κ3) is 4.77. The molecule has 1 heterocycles. The van der Waals surface area contributed by atoms with Gasteiger partial charge in [0, 0.05) is 25.0 Å². The summed E-state index contributed by atoms with van der Waals surface area (Å²) in [5.41, 5.74) is 5.98. The van der Waals surface area contributed by atoms with Gasteiger partial charge in [-0.15, -0.1) is 0 Å². The molecule has 1 amide bonds. The van der Waals surface area contributed by atoms with Crippen LogP contribution in [0.1, 0.15) is 51.9 Å². The number of carbonyl (C=O) groups is 1. The van der Waals surface area contributed by atoms with Crippen molar-refractivity contribution < 1.29 is 4.79 Å². The molecule has 0 radical (unpaired) electrons. The van der Waals surface area contributed by atoms with Crippen molar-refractivity contribution in [1.82, 2.24) is 10.2 Å². The largest absolute Gasteiger partial charge is 0.352 e. The van der Waals surface area contributed by atoms with E-state index >= 15 is 0 Å². The average Bonchev–Trinajstić information content (AvgIpc) is 2.38. The van der Waals surface area contributed by atoms with Crippen molar-refractivity contribution in [2.24, 2.45) is 11.7 Å². The predicted molar refractivity (Wildman–Crippen MR) is 77.8 cm³/mol. The number of hydrogen-bond acceptors (Lipinski definition) is 3. The molecule has 3 unspecified atom stereocenters. The molecule has 2 aliphatic rings. The zero-order chi connectivity index (χ0) is 13.7. The molecule has 4 heteroatoms. The average molecular weight is 267 g/mol. The lowest BCUT2D eigenvalue weighted by molar-refractivity contribution is -0.123. The van der Waals surface area contributed by atoms with Crippen LogP contribution in [0.3, 0.4) is 0 Å². The number of nitrogens with one attached hydrogen (secondary N) is 1. The number of carbonyl (C=O) groups excluding carboxylic acids is 1. The second-order valence-corrected chi connectivity index (χ2v) is 6.30. The fraction of sp³-hybridized carbons (Fsp3) is 0.933. The van der Waals surface area contributed by atoms with E-state index in [0.717, 1.165) is 32.4 Å². The Hall–Kier alpha value is -0.610. The third-order valence-corrected chi connectivity index (χ3v) is 4.62. The molecule has 110 valence electrons. The predicted octanol–water partition coefficient (Wildman–Crippen LogP) is 1.49. The van der Waals surface area contributed by atoms with Crippen molar-refractivity contribution in [3.63, 3.8) is 0 Å². The van der Waals surface area contributed by atoms with Crippen LogP contribution in [0.25, 0.3) is 0 Å². The summed E-state index contributed by atoms with van der Waals surface area (Å²) in [5.74, 6) is 0.747. The number of likely N-dealkylation sites (N-methyl/N-ethyl adjacent to an activating group) is 1. The van der Waals surface area contributed by atoms with Gasteiger partial charge in [0.15, 0.2) is 0 Å². The van der Waals surface area contributed by atoms with E-state index in [-0.39, 0.29) is 5.91 Å². The molecule has 3 N–H and O–H groups in total. The minimum atomic E-state index is 0.238. The molecule has 3 atom stereocenters. The van der Waals surface area contributed by atoms with Gasteiger partial charge in [-0.1, -0.05) is 13.3 Å². The Kier molecular flexibility index (Phi) is 5.64. The Morgan fingerprint density at radius 3 is 2.89 bits per heavy atom. The first-order valence-corrected chi connectivity index (χ1v) is 7.94. The van der Waals surface area contributed by atoms with Crippen LogP contribution >= 0.6 is 0 Å². The van der Waals surface area contributed by atoms with Gasteiger partial charge in [0.25, 0.3) is 0 Å². The Morgan fingerprint density at radius 1 is 1.32 bits per heavy atom. The monoisotopic (exact) mass is 267 g/mol. The zero-order valence-electron chi connectivity index (χ0n) is 12.2. The van der Waals surface area contributed by atoms with Crippen molar-refractivity contribution in [2.75, 3.05) is 19.6 Å². The van der Waals surface area contributed by atoms with Crippen LogP contribution in [0.15, 0.2) is 0 Å². The molecule has 19 heavy (non-hydrogen) atoms. The summed E-state index contributed by atoms with van der Waals surface area (Å²) >= 11 is 0. The second-order valence-electron chi connectivity index (χ2n) is 6.30. The molecule has 1 aliphatic carbocycles. The molecule has 2 fully saturated rings. The van der Waals surface area contributed by atoms with Crippen LogP contribution in [-0.4, -0.2) is 42.5 Å². The second kappa shape index (κ2) is 7.25. The number of amides is 1. The molecular weight excluding hydrogens is 238 g/mol. The number of piperidine rings is 1. The Labute approximate surface area is 117 Å². The van der Waals surface area contributed by atoms with E-state index < -0.39 is 0 Å². The standard InChI is InChI=1S/C15H29N3O/c1-2-18-8-4-7-14(11-18)17-15(19)10-12-5-3-6-13(16)9-12/h12-14H,2-11,16H2,1H3,(H,17,19). The van der Waals surface area contributed by atoms with Gasteiger partial charge in [0.05, 0.1) is 0 Å². The van der Waals surface area contributed by atoms with E-state index in [0.29, 0.717) is 24.4 Å². The SMILES string of the molecule is CCN1CCCC(NC(=O)CC2CCCC(N)C2)C1. The maximum atomic E-state index is 12.1. The van der Waals surface area contributed by atoms with Gasteiger partial charge >= 0.3 is 0 Å². The molecule has 0 aromatic heterocycles. The highest BCUT2D eigenvalue weighted by Crippen LogP contribution is 2.25. The van der Waals surface area contributed by atoms with Crippen LogP contribution in [0.5, 0.6) is 0 Å². The molecule has 2 rings (SSSR count). The molecule has 1 aliphatic heterocycles. The first kappa shape index (κ1) is 14.8. The molecule has 1 saturated heterocycles. The van der Waals surface area contributed by atoms with E-state index in [1.165, 1.54) is 25.8 Å². The lowest BCUT2D eigenvalue weighted by atomic mass is 9.84. The highest BCUT2D eigenvalue weighted by Gasteiger charge is 2.24. The molecule has 0 spiro atoms. The van der Waals surface area contributed by atoms with E-state index in [4.69, 9.17) is 5.73 Å². The highest BCUT2D eigenvalue weighted by molar-refractivity contribution is 5.76. The lowest BCUT2D eigenvalue weighted by Gasteiger charge is -2.33. The van der Waals surface area contributed by atoms with E-state index in [2.05, 4.69) is 17.1 Å². The number of rotatable bonds is 4. The van der Waals surface area contributed by atoms with E-state index in [1.54, 1.807) is 0 Å². The number of nitrogens with two attached hydrogens (primary N) is 1. The zero-order valence-corrected chi connectivity index (χ0v) is 12.2. The topological polar surface area (TPSA) is 58.4 Å². The van der Waals surface area contributed by atoms with Gasteiger partial charge < -0.3 is 16.0 Å². The summed E-state index contributed by atoms with van der Waals surface area (Å²) in [6, 6.07) is 0.676. The molecule has 1 saturated carbocycles. The van der Waals surface area contributed by atoms with Crippen LogP contribution in [0, 0.1) is 5.92 Å². The molecular formula is C15H29N3O. The Balaban J connectivity index is 1.71. The molecule has 0 bridgehead atoms. The van der Waals surface area contributed by atoms with Crippen molar-refractivity contribution in [3.8, 4) is 0 Å². The Bertz CT molecular complexity index is 295. The Morgan fingerprint density at radius 2 is 2.16 bits per heavy atom. The minimum absolute atomic E-state index is 0.238. The fourth-order valence-corrected chi connectivity index (χ4v) is 3.53. The van der Waals surface area contributed by atoms with Gasteiger partial charge in [-0.3, -0.25) is 4.79 Å². The summed E-state index contributed by atoms with van der Waals surface area (Å²) in [4.78, 5) is 14.5. The quantitative estimate of drug-likeness (QED) is 0.811. The number of hydrogen-bond donors (Lipinski definition) is 2. The van der Waals surface area contributed by atoms with Crippen LogP contribution in [0.2, 0.25) is 0 Å². The summed E-state index contributed by atoms with van der Waals surface area (Å²) < 4.78 is 0. The normalized spacial score (nSPS) is 33.1. The van der Waals surface area contributed by atoms with Crippen LogP contribution < -0.4 is 11.1 Å². The van der Waals surface area contributed by atoms with Crippen LogP contribution in [0.4, 0.5) is 0 Å². The summed E-state index contributed by atoms with van der Waals surface area (Å²) in [7, 11) is 0. The lowest BCUT2D eigenvalue weighted by Crippen LogP contribution is -2.48. The van der Waals surface area contributed by atoms with Gasteiger partial charge in [0.2, 0.25) is 5.91 Å². The van der Waals surface area contributed by atoms with E-state index in [9.17, 15) is 4.79 Å². The molecule has 0 aromatic rings. The van der Waals surface area contributed by atoms with Gasteiger partial charge in [-0.25, -0.2) is 0 Å². The summed E-state index contributed by atoms with van der Waals surface area (Å²) in [6.45, 7) is 5.48. The molecule has 4 nitrogen and oxygen atoms in total. The fourth-order valence-electron chi connectivity index (χ4n) is 3.53. The smallest absolute Gasteiger partial charge is 0.220 e. The summed E-state index contributed by atoms with van der Waals surface area (Å²) in [6.07, 6.45) is 7.53. The van der Waals surface area contributed by atoms with Gasteiger partial charge in [-0.2, -0.15) is 0 Å². The first-order valence-electron chi connectivity index (χ1n) is 7.94. The number of likely N-dealkylation sites (tertiary alicyclic amines) is 1. The maximum absolute atomic E-state index is 12.1. The van der Waals surface area contributed by atoms with Gasteiger partial charge in [-0.05, 0) is 51.1 Å². The van der Waals surface area contributed by atoms with Crippen molar-refractivity contribution >= 4 is 5.91 Å². The van der Waals surface area contributed by atoms with Crippen molar-refractivity contribution in [1.29, 1.82) is 0 Å². The maximum Gasteiger partial charge on any atom is 0.220 e. The summed E-state index contributed by atoms with van der Waals surface area (Å²) in [5, 5.41) is 3.22. The highest BCUT2D eigenvalue weighted by atomic mass is 16.1. The van der Waals surface area contributed by atoms with Crippen LogP contribution in [-0.2, 0) is 4.79 Å². The first-order chi connectivity index (χ1) is 9.17. The third-order valence-electron chi connectivity index (χ3n) is 4.62. The van der Waals surface area contributed by atoms with Crippen molar-refractivity contribution in [3.05, 3.63) is 0 Å². The van der Waals surface area contributed by atoms with E-state index in [1.807, 2.05) is 0 Å². The number of nitrogens with zero attached hydrogens (tertiary/aromatic N) is 1. The van der Waals surface area contributed by atoms with Gasteiger partial charge in [0.1, 0.15) is 0 Å². The minimum Gasteiger partial charge on any atom is -0.352 e. The van der Waals surface area contributed by atoms with Crippen molar-refractivity contribution in [2.45, 2.75) is 64.0 Å².